The summed E-state index contributed by atoms with van der Waals surface area (Å²) in [4.78, 5) is 95.2. The van der Waals surface area contributed by atoms with Gasteiger partial charge in [-0.05, 0) is 75.2 Å². The molecular weight excluding hydrogens is 690 g/mol. The van der Waals surface area contributed by atoms with Crippen LogP contribution in [0.25, 0.3) is 0 Å². The predicted molar refractivity (Wildman–Crippen MR) is 203 cm³/mol. The molecule has 0 bridgehead atoms. The third kappa shape index (κ3) is 10.7. The van der Waals surface area contributed by atoms with E-state index in [9.17, 15) is 33.6 Å². The van der Waals surface area contributed by atoms with Crippen LogP contribution < -0.4 is 21.3 Å². The monoisotopic (exact) mass is 751 g/mol. The van der Waals surface area contributed by atoms with Gasteiger partial charge in [0.2, 0.25) is 23.5 Å². The zero-order chi connectivity index (χ0) is 40.0. The molecule has 4 rings (SSSR count). The Morgan fingerprint density at radius 3 is 2.17 bits per heavy atom. The van der Waals surface area contributed by atoms with Crippen molar-refractivity contribution in [1.82, 2.24) is 26.2 Å². The van der Waals surface area contributed by atoms with Gasteiger partial charge >= 0.3 is 6.09 Å². The summed E-state index contributed by atoms with van der Waals surface area (Å²) in [7, 11) is 3.24. The van der Waals surface area contributed by atoms with Crippen LogP contribution >= 0.6 is 0 Å². The van der Waals surface area contributed by atoms with E-state index in [4.69, 9.17) is 4.74 Å². The number of fused-ring (bicyclic) bond motifs is 1. The summed E-state index contributed by atoms with van der Waals surface area (Å²) in [6.07, 6.45) is 5.04. The molecule has 13 nitrogen and oxygen atoms in total. The number of nitrogens with zero attached hydrogens (tertiary/aromatic N) is 1. The summed E-state index contributed by atoms with van der Waals surface area (Å²) in [5.74, 6) is -4.76. The summed E-state index contributed by atoms with van der Waals surface area (Å²) in [5, 5.41) is 10.9. The summed E-state index contributed by atoms with van der Waals surface area (Å²) in [6, 6.07) is 6.37. The summed E-state index contributed by atoms with van der Waals surface area (Å²) in [6.45, 7) is 10.8. The van der Waals surface area contributed by atoms with E-state index in [1.165, 1.54) is 4.90 Å². The second kappa shape index (κ2) is 17.9. The Balaban J connectivity index is 1.44. The molecule has 1 aromatic carbocycles. The number of rotatable bonds is 16. The molecule has 3 fully saturated rings. The van der Waals surface area contributed by atoms with Crippen LogP contribution in [0.1, 0.15) is 111 Å². The Morgan fingerprint density at radius 2 is 1.57 bits per heavy atom. The zero-order valence-electron chi connectivity index (χ0n) is 33.3. The van der Waals surface area contributed by atoms with Gasteiger partial charge in [0.05, 0.1) is 37.0 Å². The van der Waals surface area contributed by atoms with Crippen LogP contribution in [0, 0.1) is 35.0 Å². The van der Waals surface area contributed by atoms with Crippen molar-refractivity contribution >= 4 is 41.3 Å². The van der Waals surface area contributed by atoms with Crippen LogP contribution in [-0.2, 0) is 33.5 Å². The van der Waals surface area contributed by atoms with Crippen molar-refractivity contribution in [3.63, 3.8) is 0 Å². The van der Waals surface area contributed by atoms with Gasteiger partial charge in [-0.1, -0.05) is 76.8 Å². The van der Waals surface area contributed by atoms with Crippen LogP contribution in [0.15, 0.2) is 30.3 Å². The van der Waals surface area contributed by atoms with Crippen LogP contribution in [0.3, 0.4) is 0 Å². The van der Waals surface area contributed by atoms with E-state index in [1.807, 2.05) is 13.0 Å². The molecular formula is C41H61N5O8. The molecule has 0 aliphatic heterocycles. The van der Waals surface area contributed by atoms with Crippen molar-refractivity contribution in [2.75, 3.05) is 20.6 Å². The van der Waals surface area contributed by atoms with Crippen LogP contribution in [-0.4, -0.2) is 84.5 Å². The Kier molecular flexibility index (Phi) is 14.1. The molecule has 13 heteroatoms. The molecule has 3 saturated carbocycles. The fraction of sp³-hybridized carbons (Fsp3) is 0.683. The van der Waals surface area contributed by atoms with Gasteiger partial charge in [-0.3, -0.25) is 28.8 Å². The number of ether oxygens (including phenoxy) is 1. The summed E-state index contributed by atoms with van der Waals surface area (Å²) in [5.41, 5.74) is -0.217. The SMILES string of the molecule is CCC[C@@H](NC(=O)[C@H]1C(C(=O)[C@@H](NC(=O)OC(C)(C)C)C2CCCCC2)C[C@H]2[C@@H]1C2(C)C)C(=O)C(=O)NCC(=O)N[C@H](CC(=O)N(C)C)c1ccccc1. The number of nitrogens with one attached hydrogen (secondary N) is 4. The summed E-state index contributed by atoms with van der Waals surface area (Å²) < 4.78 is 5.54. The number of carbonyl (C=O) groups excluding carboxylic acids is 7. The van der Waals surface area contributed by atoms with Gasteiger partial charge in [-0.2, -0.15) is 0 Å². The number of Topliss-reactive ketones (excluding diaryl/α,β-unsaturated/α-hetero) is 2. The van der Waals surface area contributed by atoms with E-state index in [0.717, 1.165) is 32.1 Å². The van der Waals surface area contributed by atoms with Gasteiger partial charge in [-0.25, -0.2) is 4.79 Å². The Morgan fingerprint density at radius 1 is 0.926 bits per heavy atom. The Hall–Kier alpha value is -4.29. The normalized spacial score (nSPS) is 23.4. The highest BCUT2D eigenvalue weighted by Crippen LogP contribution is 2.71. The van der Waals surface area contributed by atoms with Gasteiger partial charge in [-0.15, -0.1) is 0 Å². The molecule has 3 aliphatic rings. The van der Waals surface area contributed by atoms with Crippen molar-refractivity contribution in [2.24, 2.45) is 35.0 Å². The molecule has 1 unspecified atom stereocenters. The van der Waals surface area contributed by atoms with Gasteiger partial charge in [0.1, 0.15) is 5.60 Å². The Labute approximate surface area is 319 Å². The lowest BCUT2D eigenvalue weighted by Gasteiger charge is -2.35. The first-order valence-corrected chi connectivity index (χ1v) is 19.6. The molecule has 0 aromatic heterocycles. The lowest BCUT2D eigenvalue weighted by atomic mass is 9.74. The predicted octanol–water partition coefficient (Wildman–Crippen LogP) is 4.24. The van der Waals surface area contributed by atoms with E-state index in [2.05, 4.69) is 35.1 Å². The topological polar surface area (TPSA) is 180 Å². The van der Waals surface area contributed by atoms with Gasteiger partial charge in [0.25, 0.3) is 5.91 Å². The van der Waals surface area contributed by atoms with Crippen molar-refractivity contribution in [2.45, 2.75) is 123 Å². The van der Waals surface area contributed by atoms with Gasteiger partial charge in [0.15, 0.2) is 5.78 Å². The number of amides is 5. The maximum atomic E-state index is 14.5. The molecule has 3 aliphatic carbocycles. The third-order valence-electron chi connectivity index (χ3n) is 11.5. The second-order valence-electron chi connectivity index (χ2n) is 17.2. The first-order valence-electron chi connectivity index (χ1n) is 19.6. The lowest BCUT2D eigenvalue weighted by Crippen LogP contribution is -2.54. The second-order valence-corrected chi connectivity index (χ2v) is 17.2. The molecule has 298 valence electrons. The first-order chi connectivity index (χ1) is 25.3. The molecule has 5 amide bonds. The highest BCUT2D eigenvalue weighted by atomic mass is 16.6. The molecule has 0 saturated heterocycles. The van der Waals surface area contributed by atoms with Crippen molar-refractivity contribution < 1.29 is 38.3 Å². The highest BCUT2D eigenvalue weighted by Gasteiger charge is 2.70. The quantitative estimate of drug-likeness (QED) is 0.181. The summed E-state index contributed by atoms with van der Waals surface area (Å²) >= 11 is 0. The standard InChI is InChI=1S/C41H61N5O8/c1-9-16-28(36(50)38(52)42-23-30(47)43-29(22-31(48)46(7)8)24-17-12-10-13-18-24)44-37(51)32-26(21-27-33(32)41(27,5)6)35(49)34(25-19-14-11-15-20-25)45-39(53)54-40(2,3)4/h10,12-13,17-18,25-29,32-34H,9,11,14-16,19-23H2,1-8H3,(H,42,52)(H,43,47)(H,44,51)(H,45,53)/t26?,27-,28+,29+,32-,33-,34-/m0/s1. The number of carbonyl (C=O) groups is 7. The van der Waals surface area contributed by atoms with Crippen molar-refractivity contribution in [3.8, 4) is 0 Å². The number of alkyl carbamates (subject to hydrolysis) is 1. The molecule has 4 N–H and O–H groups in total. The maximum Gasteiger partial charge on any atom is 0.408 e. The minimum absolute atomic E-state index is 0.00201. The van der Waals surface area contributed by atoms with E-state index < -0.39 is 71.7 Å². The number of hydrogen-bond donors (Lipinski definition) is 4. The maximum absolute atomic E-state index is 14.5. The van der Waals surface area contributed by atoms with E-state index >= 15 is 0 Å². The van der Waals surface area contributed by atoms with Crippen LogP contribution in [0.2, 0.25) is 0 Å². The molecule has 54 heavy (non-hydrogen) atoms. The number of hydrogen-bond acceptors (Lipinski definition) is 8. The first kappa shape index (κ1) is 42.5. The van der Waals surface area contributed by atoms with Gasteiger partial charge in [0, 0.05) is 20.0 Å². The minimum atomic E-state index is -1.16. The molecule has 0 radical (unpaired) electrons. The average Bonchev–Trinajstić information content (AvgIpc) is 3.42. The smallest absolute Gasteiger partial charge is 0.408 e. The fourth-order valence-corrected chi connectivity index (χ4v) is 8.58. The fourth-order valence-electron chi connectivity index (χ4n) is 8.58. The van der Waals surface area contributed by atoms with E-state index in [1.54, 1.807) is 59.1 Å². The van der Waals surface area contributed by atoms with Crippen molar-refractivity contribution in [1.29, 1.82) is 0 Å². The van der Waals surface area contributed by atoms with E-state index in [0.29, 0.717) is 18.4 Å². The number of ketones is 2. The van der Waals surface area contributed by atoms with E-state index in [-0.39, 0.29) is 47.7 Å². The molecule has 7 atom stereocenters. The Bertz CT molecular complexity index is 1550. The van der Waals surface area contributed by atoms with Crippen LogP contribution in [0.5, 0.6) is 0 Å². The number of benzene rings is 1. The minimum Gasteiger partial charge on any atom is -0.444 e. The van der Waals surface area contributed by atoms with Crippen molar-refractivity contribution in [3.05, 3.63) is 35.9 Å². The third-order valence-corrected chi connectivity index (χ3v) is 11.5. The molecule has 0 spiro atoms. The largest absolute Gasteiger partial charge is 0.444 e. The highest BCUT2D eigenvalue weighted by molar-refractivity contribution is 6.38. The lowest BCUT2D eigenvalue weighted by molar-refractivity contribution is -0.142. The molecule has 1 aromatic rings. The van der Waals surface area contributed by atoms with Crippen LogP contribution in [0.4, 0.5) is 4.79 Å². The van der Waals surface area contributed by atoms with Gasteiger partial charge < -0.3 is 30.9 Å². The zero-order valence-corrected chi connectivity index (χ0v) is 33.3. The molecule has 0 heterocycles. The average molecular weight is 752 g/mol.